The second kappa shape index (κ2) is 7.58. The van der Waals surface area contributed by atoms with E-state index in [2.05, 4.69) is 36.3 Å². The fourth-order valence-electron chi connectivity index (χ4n) is 3.14. The molecular weight excluding hydrogens is 300 g/mol. The van der Waals surface area contributed by atoms with Crippen molar-refractivity contribution < 1.29 is 9.53 Å². The van der Waals surface area contributed by atoms with Gasteiger partial charge < -0.3 is 10.1 Å². The zero-order chi connectivity index (χ0) is 16.9. The van der Waals surface area contributed by atoms with Crippen molar-refractivity contribution in [1.29, 1.82) is 0 Å². The third-order valence-electron chi connectivity index (χ3n) is 4.73. The van der Waals surface area contributed by atoms with Crippen LogP contribution < -0.4 is 5.32 Å². The van der Waals surface area contributed by atoms with Crippen LogP contribution in [0.5, 0.6) is 0 Å². The smallest absolute Gasteiger partial charge is 0.224 e. The van der Waals surface area contributed by atoms with Crippen LogP contribution in [-0.4, -0.2) is 30.1 Å². The van der Waals surface area contributed by atoms with Crippen LogP contribution in [-0.2, 0) is 22.4 Å². The Morgan fingerprint density at radius 3 is 2.67 bits per heavy atom. The Morgan fingerprint density at radius 2 is 1.92 bits per heavy atom. The Kier molecular flexibility index (Phi) is 5.26. The van der Waals surface area contributed by atoms with Crippen molar-refractivity contribution in [1.82, 2.24) is 10.3 Å². The van der Waals surface area contributed by atoms with Gasteiger partial charge >= 0.3 is 0 Å². The minimum absolute atomic E-state index is 0.0634. The first-order chi connectivity index (χ1) is 11.6. The number of hydrogen-bond donors (Lipinski definition) is 1. The number of hydrogen-bond acceptors (Lipinski definition) is 3. The maximum atomic E-state index is 12.4. The highest BCUT2D eigenvalue weighted by molar-refractivity contribution is 5.79. The summed E-state index contributed by atoms with van der Waals surface area (Å²) >= 11 is 0. The Morgan fingerprint density at radius 1 is 1.12 bits per heavy atom. The van der Waals surface area contributed by atoms with E-state index >= 15 is 0 Å². The number of pyridine rings is 1. The molecule has 0 bridgehead atoms. The standard InChI is InChI=1S/C20H24N2O2/c1-14-3-4-17(9-15(14)2)11-20(23)22-19-13-24-12-18(19)10-16-5-7-21-8-6-16/h3-9,18-19H,10-13H2,1-2H3,(H,22,23)/t18-,19+/m1/s1. The van der Waals surface area contributed by atoms with Gasteiger partial charge in [-0.3, -0.25) is 9.78 Å². The number of benzene rings is 1. The van der Waals surface area contributed by atoms with Gasteiger partial charge in [-0.2, -0.15) is 0 Å². The van der Waals surface area contributed by atoms with E-state index in [1.54, 1.807) is 12.4 Å². The molecule has 0 spiro atoms. The van der Waals surface area contributed by atoms with Crippen molar-refractivity contribution in [3.63, 3.8) is 0 Å². The van der Waals surface area contributed by atoms with E-state index in [0.717, 1.165) is 12.0 Å². The summed E-state index contributed by atoms with van der Waals surface area (Å²) in [5.41, 5.74) is 4.76. The molecule has 4 nitrogen and oxygen atoms in total. The predicted octanol–water partition coefficient (Wildman–Crippen LogP) is 2.61. The third kappa shape index (κ3) is 4.20. The van der Waals surface area contributed by atoms with Crippen LogP contribution in [0.2, 0.25) is 0 Å². The van der Waals surface area contributed by atoms with Crippen molar-refractivity contribution in [3.05, 3.63) is 65.0 Å². The third-order valence-corrected chi connectivity index (χ3v) is 4.73. The van der Waals surface area contributed by atoms with Crippen LogP contribution in [0, 0.1) is 19.8 Å². The summed E-state index contributed by atoms with van der Waals surface area (Å²) in [4.78, 5) is 16.4. The second-order valence-electron chi connectivity index (χ2n) is 6.63. The molecule has 1 aliphatic rings. The largest absolute Gasteiger partial charge is 0.379 e. The number of carbonyl (C=O) groups is 1. The summed E-state index contributed by atoms with van der Waals surface area (Å²) in [5.74, 6) is 0.379. The van der Waals surface area contributed by atoms with Crippen molar-refractivity contribution in [3.8, 4) is 0 Å². The molecule has 1 aromatic heterocycles. The van der Waals surface area contributed by atoms with Crippen LogP contribution in [0.25, 0.3) is 0 Å². The van der Waals surface area contributed by atoms with Gasteiger partial charge in [-0.15, -0.1) is 0 Å². The number of amides is 1. The van der Waals surface area contributed by atoms with Gasteiger partial charge in [0.05, 0.1) is 25.7 Å². The van der Waals surface area contributed by atoms with Gasteiger partial charge in [0.2, 0.25) is 5.91 Å². The van der Waals surface area contributed by atoms with Crippen LogP contribution in [0.1, 0.15) is 22.3 Å². The summed E-state index contributed by atoms with van der Waals surface area (Å²) in [6.07, 6.45) is 4.92. The minimum atomic E-state index is 0.0634. The van der Waals surface area contributed by atoms with E-state index in [9.17, 15) is 4.79 Å². The van der Waals surface area contributed by atoms with E-state index in [4.69, 9.17) is 4.74 Å². The van der Waals surface area contributed by atoms with Crippen molar-refractivity contribution in [2.24, 2.45) is 5.92 Å². The average molecular weight is 324 g/mol. The molecule has 1 N–H and O–H groups in total. The van der Waals surface area contributed by atoms with Gasteiger partial charge in [0, 0.05) is 18.3 Å². The van der Waals surface area contributed by atoms with Gasteiger partial charge in [-0.1, -0.05) is 18.2 Å². The van der Waals surface area contributed by atoms with Crippen molar-refractivity contribution in [2.75, 3.05) is 13.2 Å². The molecule has 0 saturated carbocycles. The Balaban J connectivity index is 1.57. The second-order valence-corrected chi connectivity index (χ2v) is 6.63. The summed E-state index contributed by atoms with van der Waals surface area (Å²) in [6.45, 7) is 5.44. The lowest BCUT2D eigenvalue weighted by molar-refractivity contribution is -0.121. The maximum absolute atomic E-state index is 12.4. The summed E-state index contributed by atoms with van der Waals surface area (Å²) in [6, 6.07) is 10.3. The van der Waals surface area contributed by atoms with Gasteiger partial charge in [-0.05, 0) is 54.7 Å². The highest BCUT2D eigenvalue weighted by Crippen LogP contribution is 2.19. The monoisotopic (exact) mass is 324 g/mol. The maximum Gasteiger partial charge on any atom is 0.224 e. The van der Waals surface area contributed by atoms with Gasteiger partial charge in [-0.25, -0.2) is 0 Å². The number of aryl methyl sites for hydroxylation is 2. The normalized spacial score (nSPS) is 20.1. The predicted molar refractivity (Wildman–Crippen MR) is 93.8 cm³/mol. The van der Waals surface area contributed by atoms with E-state index in [1.165, 1.54) is 16.7 Å². The summed E-state index contributed by atoms with van der Waals surface area (Å²) in [7, 11) is 0. The molecule has 2 aromatic rings. The average Bonchev–Trinajstić information content (AvgIpc) is 2.99. The molecule has 1 fully saturated rings. The zero-order valence-corrected chi connectivity index (χ0v) is 14.3. The zero-order valence-electron chi connectivity index (χ0n) is 14.3. The number of ether oxygens (including phenoxy) is 1. The fourth-order valence-corrected chi connectivity index (χ4v) is 3.14. The lowest BCUT2D eigenvalue weighted by Gasteiger charge is -2.19. The van der Waals surface area contributed by atoms with Crippen LogP contribution in [0.4, 0.5) is 0 Å². The van der Waals surface area contributed by atoms with Gasteiger partial charge in [0.15, 0.2) is 0 Å². The molecule has 126 valence electrons. The lowest BCUT2D eigenvalue weighted by atomic mass is 9.95. The van der Waals surface area contributed by atoms with Crippen LogP contribution in [0.15, 0.2) is 42.7 Å². The first kappa shape index (κ1) is 16.7. The molecule has 3 rings (SSSR count). The van der Waals surface area contributed by atoms with Gasteiger partial charge in [0.25, 0.3) is 0 Å². The van der Waals surface area contributed by atoms with Gasteiger partial charge in [0.1, 0.15) is 0 Å². The summed E-state index contributed by atoms with van der Waals surface area (Å²) in [5, 5.41) is 3.15. The first-order valence-electron chi connectivity index (χ1n) is 8.44. The molecule has 2 atom stereocenters. The highest BCUT2D eigenvalue weighted by atomic mass is 16.5. The Labute approximate surface area is 143 Å². The van der Waals surface area contributed by atoms with Crippen LogP contribution in [0.3, 0.4) is 0 Å². The van der Waals surface area contributed by atoms with E-state index in [1.807, 2.05) is 18.2 Å². The number of carbonyl (C=O) groups excluding carboxylic acids is 1. The molecule has 1 saturated heterocycles. The molecule has 0 unspecified atom stereocenters. The van der Waals surface area contributed by atoms with Crippen molar-refractivity contribution >= 4 is 5.91 Å². The lowest BCUT2D eigenvalue weighted by Crippen LogP contribution is -2.41. The van der Waals surface area contributed by atoms with Crippen molar-refractivity contribution in [2.45, 2.75) is 32.7 Å². The SMILES string of the molecule is Cc1ccc(CC(=O)N[C@H]2COC[C@H]2Cc2ccncc2)cc1C. The molecule has 2 heterocycles. The summed E-state index contributed by atoms with van der Waals surface area (Å²) < 4.78 is 5.60. The molecule has 24 heavy (non-hydrogen) atoms. The molecule has 0 radical (unpaired) electrons. The molecular formula is C20H24N2O2. The number of nitrogens with one attached hydrogen (secondary N) is 1. The van der Waals surface area contributed by atoms with Crippen LogP contribution >= 0.6 is 0 Å². The molecule has 0 aliphatic carbocycles. The van der Waals surface area contributed by atoms with E-state index in [0.29, 0.717) is 25.6 Å². The number of rotatable bonds is 5. The number of nitrogens with zero attached hydrogens (tertiary/aromatic N) is 1. The minimum Gasteiger partial charge on any atom is -0.379 e. The van der Waals surface area contributed by atoms with E-state index < -0.39 is 0 Å². The highest BCUT2D eigenvalue weighted by Gasteiger charge is 2.29. The van der Waals surface area contributed by atoms with E-state index in [-0.39, 0.29) is 11.9 Å². The fraction of sp³-hybridized carbons (Fsp3) is 0.400. The molecule has 1 amide bonds. The quantitative estimate of drug-likeness (QED) is 0.920. The molecule has 1 aliphatic heterocycles. The topological polar surface area (TPSA) is 51.2 Å². The first-order valence-corrected chi connectivity index (χ1v) is 8.44. The molecule has 4 heteroatoms. The Hall–Kier alpha value is -2.20. The number of aromatic nitrogens is 1. The molecule has 1 aromatic carbocycles. The Bertz CT molecular complexity index is 700.